The van der Waals surface area contributed by atoms with Crippen molar-refractivity contribution in [1.29, 1.82) is 0 Å². The Hall–Kier alpha value is -1.12. The molecule has 3 nitrogen and oxygen atoms in total. The standard InChI is InChI=1S/C16H25NO2/c1-2-10-17-15(18)11-14(12-16(17)19)9-8-13-6-4-3-5-7-13/h2,13-14H,1,3-12H2. The summed E-state index contributed by atoms with van der Waals surface area (Å²) in [6, 6.07) is 0. The first kappa shape index (κ1) is 14.3. The summed E-state index contributed by atoms with van der Waals surface area (Å²) in [6.07, 6.45) is 11.8. The zero-order valence-electron chi connectivity index (χ0n) is 11.8. The van der Waals surface area contributed by atoms with Crippen LogP contribution in [0.25, 0.3) is 0 Å². The smallest absolute Gasteiger partial charge is 0.229 e. The molecule has 1 saturated carbocycles. The van der Waals surface area contributed by atoms with Crippen molar-refractivity contribution in [1.82, 2.24) is 4.90 Å². The largest absolute Gasteiger partial charge is 0.279 e. The summed E-state index contributed by atoms with van der Waals surface area (Å²) in [6.45, 7) is 3.96. The van der Waals surface area contributed by atoms with Crippen LogP contribution in [-0.2, 0) is 9.59 Å². The van der Waals surface area contributed by atoms with Gasteiger partial charge in [-0.2, -0.15) is 0 Å². The molecule has 0 bridgehead atoms. The Morgan fingerprint density at radius 3 is 2.16 bits per heavy atom. The van der Waals surface area contributed by atoms with Crippen LogP contribution >= 0.6 is 0 Å². The Labute approximate surface area is 116 Å². The van der Waals surface area contributed by atoms with E-state index in [1.165, 1.54) is 43.4 Å². The lowest BCUT2D eigenvalue weighted by Crippen LogP contribution is -2.43. The van der Waals surface area contributed by atoms with Crippen molar-refractivity contribution in [3.05, 3.63) is 12.7 Å². The molecule has 2 aliphatic rings. The van der Waals surface area contributed by atoms with Gasteiger partial charge in [0.15, 0.2) is 0 Å². The van der Waals surface area contributed by atoms with Crippen LogP contribution in [0.2, 0.25) is 0 Å². The van der Waals surface area contributed by atoms with Crippen molar-refractivity contribution in [3.8, 4) is 0 Å². The predicted molar refractivity (Wildman–Crippen MR) is 75.5 cm³/mol. The molecule has 1 heterocycles. The molecule has 0 aromatic heterocycles. The first-order valence-electron chi connectivity index (χ1n) is 7.64. The Bertz CT molecular complexity index is 327. The summed E-state index contributed by atoms with van der Waals surface area (Å²) in [5, 5.41) is 0. The van der Waals surface area contributed by atoms with E-state index < -0.39 is 0 Å². The average molecular weight is 263 g/mol. The minimum atomic E-state index is -0.00945. The number of carbonyl (C=O) groups is 2. The van der Waals surface area contributed by atoms with E-state index in [0.29, 0.717) is 19.4 Å². The van der Waals surface area contributed by atoms with Gasteiger partial charge in [0.2, 0.25) is 11.8 Å². The van der Waals surface area contributed by atoms with Crippen LogP contribution in [0.15, 0.2) is 12.7 Å². The quantitative estimate of drug-likeness (QED) is 0.564. The van der Waals surface area contributed by atoms with E-state index in [-0.39, 0.29) is 17.7 Å². The number of carbonyl (C=O) groups excluding carboxylic acids is 2. The fourth-order valence-corrected chi connectivity index (χ4v) is 3.41. The normalized spacial score (nSPS) is 22.8. The van der Waals surface area contributed by atoms with Crippen LogP contribution in [0.4, 0.5) is 0 Å². The third-order valence-electron chi connectivity index (χ3n) is 4.55. The van der Waals surface area contributed by atoms with Crippen molar-refractivity contribution in [2.24, 2.45) is 11.8 Å². The summed E-state index contributed by atoms with van der Waals surface area (Å²) in [4.78, 5) is 25.2. The Morgan fingerprint density at radius 2 is 1.58 bits per heavy atom. The molecule has 0 unspecified atom stereocenters. The predicted octanol–water partition coefficient (Wildman–Crippen LogP) is 3.30. The van der Waals surface area contributed by atoms with Crippen LogP contribution in [0.5, 0.6) is 0 Å². The van der Waals surface area contributed by atoms with Crippen LogP contribution in [0.1, 0.15) is 57.8 Å². The zero-order chi connectivity index (χ0) is 13.7. The van der Waals surface area contributed by atoms with Gasteiger partial charge in [0.25, 0.3) is 0 Å². The molecule has 1 saturated heterocycles. The molecular formula is C16H25NO2. The number of piperidine rings is 1. The van der Waals surface area contributed by atoms with E-state index in [4.69, 9.17) is 0 Å². The van der Waals surface area contributed by atoms with Gasteiger partial charge in [-0.3, -0.25) is 14.5 Å². The number of likely N-dealkylation sites (tertiary alicyclic amines) is 1. The van der Waals surface area contributed by atoms with Crippen molar-refractivity contribution in [2.75, 3.05) is 6.54 Å². The number of nitrogens with zero attached hydrogens (tertiary/aromatic N) is 1. The van der Waals surface area contributed by atoms with Gasteiger partial charge in [-0.05, 0) is 18.3 Å². The average Bonchev–Trinajstić information content (AvgIpc) is 2.42. The van der Waals surface area contributed by atoms with E-state index in [2.05, 4.69) is 6.58 Å². The molecule has 2 rings (SSSR count). The molecule has 3 heteroatoms. The van der Waals surface area contributed by atoms with Gasteiger partial charge < -0.3 is 0 Å². The van der Waals surface area contributed by atoms with E-state index in [1.54, 1.807) is 6.08 Å². The molecular weight excluding hydrogens is 238 g/mol. The highest BCUT2D eigenvalue weighted by molar-refractivity contribution is 5.98. The molecule has 106 valence electrons. The lowest BCUT2D eigenvalue weighted by molar-refractivity contribution is -0.149. The highest BCUT2D eigenvalue weighted by atomic mass is 16.2. The van der Waals surface area contributed by atoms with Gasteiger partial charge in [0.1, 0.15) is 0 Å². The molecule has 0 aromatic carbocycles. The molecule has 2 fully saturated rings. The molecule has 0 N–H and O–H groups in total. The van der Waals surface area contributed by atoms with Gasteiger partial charge in [-0.1, -0.05) is 44.6 Å². The number of rotatable bonds is 5. The summed E-state index contributed by atoms with van der Waals surface area (Å²) in [5.74, 6) is 1.10. The van der Waals surface area contributed by atoms with Gasteiger partial charge in [0.05, 0.1) is 0 Å². The van der Waals surface area contributed by atoms with Gasteiger partial charge >= 0.3 is 0 Å². The highest BCUT2D eigenvalue weighted by Gasteiger charge is 2.31. The lowest BCUT2D eigenvalue weighted by Gasteiger charge is -2.30. The van der Waals surface area contributed by atoms with Gasteiger partial charge in [-0.15, -0.1) is 6.58 Å². The van der Waals surface area contributed by atoms with Crippen molar-refractivity contribution in [3.63, 3.8) is 0 Å². The number of amides is 2. The molecule has 2 amide bonds. The molecule has 1 aliphatic heterocycles. The molecule has 0 radical (unpaired) electrons. The van der Waals surface area contributed by atoms with Crippen molar-refractivity contribution < 1.29 is 9.59 Å². The van der Waals surface area contributed by atoms with E-state index in [0.717, 1.165) is 12.3 Å². The Kier molecular flexibility index (Phi) is 5.17. The minimum absolute atomic E-state index is 0.00945. The maximum absolute atomic E-state index is 11.9. The summed E-state index contributed by atoms with van der Waals surface area (Å²) >= 11 is 0. The molecule has 0 atom stereocenters. The first-order valence-corrected chi connectivity index (χ1v) is 7.64. The fourth-order valence-electron chi connectivity index (χ4n) is 3.41. The fraction of sp³-hybridized carbons (Fsp3) is 0.750. The number of hydrogen-bond acceptors (Lipinski definition) is 2. The second kappa shape index (κ2) is 6.88. The maximum Gasteiger partial charge on any atom is 0.229 e. The third-order valence-corrected chi connectivity index (χ3v) is 4.55. The first-order chi connectivity index (χ1) is 9.20. The van der Waals surface area contributed by atoms with E-state index in [1.807, 2.05) is 0 Å². The molecule has 0 spiro atoms. The molecule has 0 aromatic rings. The lowest BCUT2D eigenvalue weighted by atomic mass is 9.82. The summed E-state index contributed by atoms with van der Waals surface area (Å²) in [7, 11) is 0. The van der Waals surface area contributed by atoms with Crippen LogP contribution < -0.4 is 0 Å². The monoisotopic (exact) mass is 263 g/mol. The minimum Gasteiger partial charge on any atom is -0.279 e. The number of hydrogen-bond donors (Lipinski definition) is 0. The van der Waals surface area contributed by atoms with Crippen LogP contribution in [0.3, 0.4) is 0 Å². The highest BCUT2D eigenvalue weighted by Crippen LogP contribution is 2.31. The van der Waals surface area contributed by atoms with Crippen molar-refractivity contribution in [2.45, 2.75) is 57.8 Å². The Morgan fingerprint density at radius 1 is 1.00 bits per heavy atom. The number of imide groups is 1. The third kappa shape index (κ3) is 3.92. The van der Waals surface area contributed by atoms with Crippen molar-refractivity contribution >= 4 is 11.8 Å². The summed E-state index contributed by atoms with van der Waals surface area (Å²) < 4.78 is 0. The van der Waals surface area contributed by atoms with Crippen LogP contribution in [0, 0.1) is 11.8 Å². The second-order valence-electron chi connectivity index (χ2n) is 6.04. The maximum atomic E-state index is 11.9. The molecule has 19 heavy (non-hydrogen) atoms. The summed E-state index contributed by atoms with van der Waals surface area (Å²) in [5.41, 5.74) is 0. The SMILES string of the molecule is C=CCN1C(=O)CC(CCC2CCCCC2)CC1=O. The van der Waals surface area contributed by atoms with E-state index >= 15 is 0 Å². The Balaban J connectivity index is 1.78. The van der Waals surface area contributed by atoms with Crippen LogP contribution in [-0.4, -0.2) is 23.3 Å². The van der Waals surface area contributed by atoms with Gasteiger partial charge in [0, 0.05) is 19.4 Å². The molecule has 1 aliphatic carbocycles. The topological polar surface area (TPSA) is 37.4 Å². The van der Waals surface area contributed by atoms with E-state index in [9.17, 15) is 9.59 Å². The zero-order valence-corrected chi connectivity index (χ0v) is 11.8. The second-order valence-corrected chi connectivity index (χ2v) is 6.04. The van der Waals surface area contributed by atoms with Gasteiger partial charge in [-0.25, -0.2) is 0 Å².